The minimum absolute atomic E-state index is 0.416. The van der Waals surface area contributed by atoms with Crippen LogP contribution in [0, 0.1) is 29.6 Å². The summed E-state index contributed by atoms with van der Waals surface area (Å²) in [6.45, 7) is 3.14. The van der Waals surface area contributed by atoms with Crippen molar-refractivity contribution >= 4 is 0 Å². The van der Waals surface area contributed by atoms with E-state index in [1.54, 1.807) is 0 Å². The van der Waals surface area contributed by atoms with E-state index in [0.29, 0.717) is 12.1 Å². The van der Waals surface area contributed by atoms with E-state index in [1.165, 1.54) is 0 Å². The van der Waals surface area contributed by atoms with Crippen molar-refractivity contribution in [1.29, 1.82) is 10.5 Å². The fourth-order valence-corrected chi connectivity index (χ4v) is 1.41. The third kappa shape index (κ3) is 3.09. The summed E-state index contributed by atoms with van der Waals surface area (Å²) < 4.78 is 0. The third-order valence-corrected chi connectivity index (χ3v) is 2.25. The van der Waals surface area contributed by atoms with Crippen LogP contribution in [0.15, 0.2) is 18.2 Å². The van der Waals surface area contributed by atoms with Crippen LogP contribution in [0.5, 0.6) is 0 Å². The lowest BCUT2D eigenvalue weighted by atomic mass is 10.1. The minimum Gasteiger partial charge on any atom is -0.289 e. The van der Waals surface area contributed by atoms with Gasteiger partial charge >= 0.3 is 0 Å². The standard InChI is InChI=1S/C12H13N3/c1-10-7-11(8-14)3-4-12(10)9-15(2)6-5-13/h3-4,7H,6,9H2,1-2H3. The monoisotopic (exact) mass is 199 g/mol. The Morgan fingerprint density at radius 2 is 2.07 bits per heavy atom. The van der Waals surface area contributed by atoms with Crippen LogP contribution in [-0.4, -0.2) is 18.5 Å². The highest BCUT2D eigenvalue weighted by Crippen LogP contribution is 2.12. The van der Waals surface area contributed by atoms with Crippen LogP contribution in [-0.2, 0) is 6.54 Å². The lowest BCUT2D eigenvalue weighted by Crippen LogP contribution is -2.18. The molecule has 0 saturated carbocycles. The summed E-state index contributed by atoms with van der Waals surface area (Å²) in [5.41, 5.74) is 2.93. The SMILES string of the molecule is Cc1cc(C#N)ccc1CN(C)CC#N. The van der Waals surface area contributed by atoms with Gasteiger partial charge in [0.05, 0.1) is 24.2 Å². The van der Waals surface area contributed by atoms with Crippen molar-refractivity contribution in [3.63, 3.8) is 0 Å². The first kappa shape index (κ1) is 11.2. The van der Waals surface area contributed by atoms with Crippen LogP contribution in [0.3, 0.4) is 0 Å². The van der Waals surface area contributed by atoms with Crippen LogP contribution in [0.25, 0.3) is 0 Å². The van der Waals surface area contributed by atoms with Crippen LogP contribution < -0.4 is 0 Å². The highest BCUT2D eigenvalue weighted by Gasteiger charge is 2.03. The molecular weight excluding hydrogens is 186 g/mol. The van der Waals surface area contributed by atoms with Crippen molar-refractivity contribution in [1.82, 2.24) is 4.90 Å². The summed E-state index contributed by atoms with van der Waals surface area (Å²) in [7, 11) is 1.90. The van der Waals surface area contributed by atoms with E-state index < -0.39 is 0 Å². The molecule has 1 rings (SSSR count). The Bertz CT molecular complexity index is 423. The predicted molar refractivity (Wildman–Crippen MR) is 57.8 cm³/mol. The number of nitriles is 2. The van der Waals surface area contributed by atoms with Crippen molar-refractivity contribution in [2.75, 3.05) is 13.6 Å². The number of aryl methyl sites for hydroxylation is 1. The molecule has 0 fully saturated rings. The van der Waals surface area contributed by atoms with E-state index in [2.05, 4.69) is 12.1 Å². The van der Waals surface area contributed by atoms with E-state index in [9.17, 15) is 0 Å². The molecule has 3 nitrogen and oxygen atoms in total. The Kier molecular flexibility index (Phi) is 3.85. The number of hydrogen-bond acceptors (Lipinski definition) is 3. The van der Waals surface area contributed by atoms with Gasteiger partial charge < -0.3 is 0 Å². The van der Waals surface area contributed by atoms with Crippen molar-refractivity contribution in [3.8, 4) is 12.1 Å². The van der Waals surface area contributed by atoms with Crippen molar-refractivity contribution in [2.45, 2.75) is 13.5 Å². The van der Waals surface area contributed by atoms with E-state index in [0.717, 1.165) is 17.7 Å². The molecule has 0 aromatic heterocycles. The van der Waals surface area contributed by atoms with Gasteiger partial charge in [0.25, 0.3) is 0 Å². The molecule has 0 radical (unpaired) electrons. The largest absolute Gasteiger partial charge is 0.289 e. The van der Waals surface area contributed by atoms with Crippen molar-refractivity contribution < 1.29 is 0 Å². The molecule has 15 heavy (non-hydrogen) atoms. The summed E-state index contributed by atoms with van der Waals surface area (Å²) in [4.78, 5) is 1.94. The zero-order chi connectivity index (χ0) is 11.3. The molecule has 76 valence electrons. The van der Waals surface area contributed by atoms with Crippen molar-refractivity contribution in [2.24, 2.45) is 0 Å². The third-order valence-electron chi connectivity index (χ3n) is 2.25. The van der Waals surface area contributed by atoms with Crippen LogP contribution in [0.1, 0.15) is 16.7 Å². The molecule has 0 aliphatic rings. The summed E-state index contributed by atoms with van der Waals surface area (Å²) >= 11 is 0. The first-order chi connectivity index (χ1) is 7.17. The van der Waals surface area contributed by atoms with Crippen LogP contribution in [0.2, 0.25) is 0 Å². The van der Waals surface area contributed by atoms with E-state index in [4.69, 9.17) is 10.5 Å². The summed E-state index contributed by atoms with van der Waals surface area (Å²) in [5.74, 6) is 0. The van der Waals surface area contributed by atoms with Crippen LogP contribution >= 0.6 is 0 Å². The van der Waals surface area contributed by atoms with E-state index >= 15 is 0 Å². The first-order valence-electron chi connectivity index (χ1n) is 4.72. The fraction of sp³-hybridized carbons (Fsp3) is 0.333. The highest BCUT2D eigenvalue weighted by atomic mass is 15.1. The molecule has 0 heterocycles. The smallest absolute Gasteiger partial charge is 0.0991 e. The van der Waals surface area contributed by atoms with Gasteiger partial charge in [-0.2, -0.15) is 10.5 Å². The Labute approximate surface area is 90.2 Å². The molecule has 1 aromatic carbocycles. The first-order valence-corrected chi connectivity index (χ1v) is 4.72. The van der Waals surface area contributed by atoms with Gasteiger partial charge in [0.15, 0.2) is 0 Å². The van der Waals surface area contributed by atoms with Gasteiger partial charge in [-0.05, 0) is 37.2 Å². The molecule has 1 aromatic rings. The predicted octanol–water partition coefficient (Wildman–Crippen LogP) is 1.82. The lowest BCUT2D eigenvalue weighted by Gasteiger charge is -2.14. The zero-order valence-electron chi connectivity index (χ0n) is 8.99. The summed E-state index contributed by atoms with van der Waals surface area (Å²) in [5, 5.41) is 17.2. The second-order valence-corrected chi connectivity index (χ2v) is 3.58. The minimum atomic E-state index is 0.416. The molecule has 0 aliphatic carbocycles. The molecule has 0 atom stereocenters. The molecule has 0 aliphatic heterocycles. The summed E-state index contributed by atoms with van der Waals surface area (Å²) in [6.07, 6.45) is 0. The molecular formula is C12H13N3. The van der Waals surface area contributed by atoms with Gasteiger partial charge in [-0.1, -0.05) is 6.07 Å². The average Bonchev–Trinajstić information content (AvgIpc) is 2.21. The Hall–Kier alpha value is -1.84. The molecule has 0 amide bonds. The van der Waals surface area contributed by atoms with Gasteiger partial charge in [-0.3, -0.25) is 4.90 Å². The van der Waals surface area contributed by atoms with Crippen molar-refractivity contribution in [3.05, 3.63) is 34.9 Å². The molecule has 0 saturated heterocycles. The maximum absolute atomic E-state index is 8.72. The highest BCUT2D eigenvalue weighted by molar-refractivity contribution is 5.37. The lowest BCUT2D eigenvalue weighted by molar-refractivity contribution is 0.366. The van der Waals surface area contributed by atoms with E-state index in [-0.39, 0.29) is 0 Å². The van der Waals surface area contributed by atoms with Gasteiger partial charge in [0.2, 0.25) is 0 Å². The average molecular weight is 199 g/mol. The van der Waals surface area contributed by atoms with Gasteiger partial charge in [-0.25, -0.2) is 0 Å². The number of nitrogens with zero attached hydrogens (tertiary/aromatic N) is 3. The van der Waals surface area contributed by atoms with Gasteiger partial charge in [0.1, 0.15) is 0 Å². The maximum atomic E-state index is 8.72. The Morgan fingerprint density at radius 3 is 2.60 bits per heavy atom. The van der Waals surface area contributed by atoms with Crippen LogP contribution in [0.4, 0.5) is 0 Å². The zero-order valence-corrected chi connectivity index (χ0v) is 8.99. The Morgan fingerprint density at radius 1 is 1.33 bits per heavy atom. The quantitative estimate of drug-likeness (QED) is 0.698. The molecule has 0 bridgehead atoms. The van der Waals surface area contributed by atoms with Gasteiger partial charge in [0, 0.05) is 6.54 Å². The second-order valence-electron chi connectivity index (χ2n) is 3.58. The fourth-order valence-electron chi connectivity index (χ4n) is 1.41. The number of benzene rings is 1. The van der Waals surface area contributed by atoms with E-state index in [1.807, 2.05) is 37.1 Å². The molecule has 0 unspecified atom stereocenters. The molecule has 3 heteroatoms. The molecule has 0 N–H and O–H groups in total. The summed E-state index contributed by atoms with van der Waals surface area (Å²) in [6, 6.07) is 9.84. The maximum Gasteiger partial charge on any atom is 0.0991 e. The number of hydrogen-bond donors (Lipinski definition) is 0. The Balaban J connectivity index is 2.80. The normalized spacial score (nSPS) is 9.67. The molecule has 0 spiro atoms. The van der Waals surface area contributed by atoms with Gasteiger partial charge in [-0.15, -0.1) is 0 Å². The number of rotatable bonds is 3. The second kappa shape index (κ2) is 5.14. The topological polar surface area (TPSA) is 50.8 Å².